The molecule has 1 atom stereocenters. The number of halogens is 4. The lowest BCUT2D eigenvalue weighted by molar-refractivity contribution is 0.584. The highest BCUT2D eigenvalue weighted by Crippen LogP contribution is 2.32. The summed E-state index contributed by atoms with van der Waals surface area (Å²) >= 11 is 8.98. The van der Waals surface area contributed by atoms with Crippen LogP contribution in [0.2, 0.25) is 5.02 Å². The fourth-order valence-electron chi connectivity index (χ4n) is 2.03. The molecule has 2 aromatic rings. The van der Waals surface area contributed by atoms with Gasteiger partial charge in [-0.15, -0.1) is 0 Å². The van der Waals surface area contributed by atoms with E-state index < -0.39 is 11.6 Å². The van der Waals surface area contributed by atoms with Gasteiger partial charge in [-0.05, 0) is 49.1 Å². The zero-order valence-electron chi connectivity index (χ0n) is 11.2. The molecular weight excluding hydrogens is 346 g/mol. The minimum Gasteiger partial charge on any atom is -0.207 e. The van der Waals surface area contributed by atoms with E-state index in [0.29, 0.717) is 6.42 Å². The first-order chi connectivity index (χ1) is 9.38. The summed E-state index contributed by atoms with van der Waals surface area (Å²) in [5.41, 5.74) is 3.75. The van der Waals surface area contributed by atoms with E-state index in [0.717, 1.165) is 17.7 Å². The average Bonchev–Trinajstić information content (AvgIpc) is 2.38. The van der Waals surface area contributed by atoms with Crippen LogP contribution in [-0.4, -0.2) is 0 Å². The molecule has 0 radical (unpaired) electrons. The Morgan fingerprint density at radius 3 is 2.40 bits per heavy atom. The van der Waals surface area contributed by atoms with Crippen molar-refractivity contribution in [1.82, 2.24) is 0 Å². The molecule has 0 saturated heterocycles. The summed E-state index contributed by atoms with van der Waals surface area (Å²) < 4.78 is 27.3. The van der Waals surface area contributed by atoms with Gasteiger partial charge in [0.15, 0.2) is 0 Å². The molecule has 2 rings (SSSR count). The molecule has 0 amide bonds. The van der Waals surface area contributed by atoms with Gasteiger partial charge in [0.05, 0.1) is 5.02 Å². The van der Waals surface area contributed by atoms with E-state index in [1.54, 1.807) is 0 Å². The van der Waals surface area contributed by atoms with Crippen LogP contribution in [0.15, 0.2) is 30.3 Å². The standard InChI is InChI=1S/C16H14BrClF2/c1-9-3-4-11(5-10(9)2)6-13(17)12-7-16(20)14(18)8-15(12)19/h3-5,7-8,13H,6H2,1-2H3. The Hall–Kier alpha value is -0.930. The van der Waals surface area contributed by atoms with Gasteiger partial charge in [0, 0.05) is 10.4 Å². The Kier molecular flexibility index (Phi) is 4.82. The van der Waals surface area contributed by atoms with Crippen molar-refractivity contribution < 1.29 is 8.78 Å². The first kappa shape index (κ1) is 15.5. The largest absolute Gasteiger partial charge is 0.207 e. The SMILES string of the molecule is Cc1ccc(CC(Br)c2cc(F)c(Cl)cc2F)cc1C. The fourth-order valence-corrected chi connectivity index (χ4v) is 2.90. The van der Waals surface area contributed by atoms with Gasteiger partial charge >= 0.3 is 0 Å². The first-order valence-electron chi connectivity index (χ1n) is 6.23. The maximum atomic E-state index is 13.8. The van der Waals surface area contributed by atoms with Gasteiger partial charge < -0.3 is 0 Å². The molecule has 0 aliphatic carbocycles. The van der Waals surface area contributed by atoms with Crippen molar-refractivity contribution in [1.29, 1.82) is 0 Å². The lowest BCUT2D eigenvalue weighted by atomic mass is 10.00. The van der Waals surface area contributed by atoms with Crippen LogP contribution in [0.4, 0.5) is 8.78 Å². The molecule has 20 heavy (non-hydrogen) atoms. The van der Waals surface area contributed by atoms with Gasteiger partial charge in [0.25, 0.3) is 0 Å². The van der Waals surface area contributed by atoms with Crippen molar-refractivity contribution in [3.8, 4) is 0 Å². The van der Waals surface area contributed by atoms with Gasteiger partial charge in [-0.1, -0.05) is 45.7 Å². The normalized spacial score (nSPS) is 12.5. The van der Waals surface area contributed by atoms with Gasteiger partial charge in [-0.25, -0.2) is 8.78 Å². The molecule has 0 aliphatic rings. The van der Waals surface area contributed by atoms with Crippen LogP contribution in [0.3, 0.4) is 0 Å². The van der Waals surface area contributed by atoms with E-state index in [2.05, 4.69) is 22.0 Å². The Labute approximate surface area is 130 Å². The van der Waals surface area contributed by atoms with Crippen LogP contribution in [0.1, 0.15) is 27.1 Å². The van der Waals surface area contributed by atoms with E-state index in [4.69, 9.17) is 11.6 Å². The monoisotopic (exact) mass is 358 g/mol. The Bertz CT molecular complexity index is 641. The molecule has 0 fully saturated rings. The molecule has 0 aromatic heterocycles. The molecule has 0 saturated carbocycles. The van der Waals surface area contributed by atoms with Gasteiger partial charge in [0.1, 0.15) is 11.6 Å². The average molecular weight is 360 g/mol. The van der Waals surface area contributed by atoms with E-state index in [9.17, 15) is 8.78 Å². The van der Waals surface area contributed by atoms with Gasteiger partial charge in [0.2, 0.25) is 0 Å². The summed E-state index contributed by atoms with van der Waals surface area (Å²) in [6.07, 6.45) is 0.582. The van der Waals surface area contributed by atoms with Crippen molar-refractivity contribution in [2.24, 2.45) is 0 Å². The Morgan fingerprint density at radius 2 is 1.75 bits per heavy atom. The lowest BCUT2D eigenvalue weighted by Crippen LogP contribution is -2.00. The third kappa shape index (κ3) is 3.39. The van der Waals surface area contributed by atoms with Gasteiger partial charge in [-0.2, -0.15) is 0 Å². The minimum absolute atomic E-state index is 0.197. The highest BCUT2D eigenvalue weighted by molar-refractivity contribution is 9.09. The molecule has 0 nitrogen and oxygen atoms in total. The second-order valence-electron chi connectivity index (χ2n) is 4.88. The molecule has 0 heterocycles. The summed E-state index contributed by atoms with van der Waals surface area (Å²) in [6.45, 7) is 4.07. The van der Waals surface area contributed by atoms with E-state index in [-0.39, 0.29) is 15.4 Å². The number of hydrogen-bond acceptors (Lipinski definition) is 0. The smallest absolute Gasteiger partial charge is 0.142 e. The van der Waals surface area contributed by atoms with Crippen LogP contribution >= 0.6 is 27.5 Å². The first-order valence-corrected chi connectivity index (χ1v) is 7.52. The number of rotatable bonds is 3. The summed E-state index contributed by atoms with van der Waals surface area (Å²) in [5.74, 6) is -1.10. The van der Waals surface area contributed by atoms with Crippen molar-refractivity contribution in [2.75, 3.05) is 0 Å². The molecular formula is C16H14BrClF2. The Balaban J connectivity index is 2.25. The third-order valence-corrected chi connectivity index (χ3v) is 4.47. The zero-order chi connectivity index (χ0) is 14.9. The molecule has 0 spiro atoms. The predicted molar refractivity (Wildman–Crippen MR) is 82.7 cm³/mol. The topological polar surface area (TPSA) is 0 Å². The molecule has 0 N–H and O–H groups in total. The van der Waals surface area contributed by atoms with Crippen molar-refractivity contribution in [3.63, 3.8) is 0 Å². The predicted octanol–water partition coefficient (Wildman–Crippen LogP) is 5.91. The number of aryl methyl sites for hydroxylation is 2. The fraction of sp³-hybridized carbons (Fsp3) is 0.250. The summed E-state index contributed by atoms with van der Waals surface area (Å²) in [6, 6.07) is 8.26. The molecule has 4 heteroatoms. The van der Waals surface area contributed by atoms with Crippen LogP contribution in [-0.2, 0) is 6.42 Å². The van der Waals surface area contributed by atoms with Crippen molar-refractivity contribution in [3.05, 3.63) is 69.2 Å². The molecule has 106 valence electrons. The molecule has 0 aliphatic heterocycles. The second-order valence-corrected chi connectivity index (χ2v) is 6.39. The van der Waals surface area contributed by atoms with Gasteiger partial charge in [-0.3, -0.25) is 0 Å². The summed E-state index contributed by atoms with van der Waals surface area (Å²) in [5, 5.41) is -0.197. The van der Waals surface area contributed by atoms with E-state index >= 15 is 0 Å². The van der Waals surface area contributed by atoms with Crippen LogP contribution in [0, 0.1) is 25.5 Å². The van der Waals surface area contributed by atoms with Crippen LogP contribution in [0.5, 0.6) is 0 Å². The van der Waals surface area contributed by atoms with E-state index in [1.165, 1.54) is 11.1 Å². The van der Waals surface area contributed by atoms with Crippen molar-refractivity contribution in [2.45, 2.75) is 25.1 Å². The maximum absolute atomic E-state index is 13.8. The molecule has 0 bridgehead atoms. The van der Waals surface area contributed by atoms with E-state index in [1.807, 2.05) is 26.0 Å². The highest BCUT2D eigenvalue weighted by Gasteiger charge is 2.16. The quantitative estimate of drug-likeness (QED) is 0.472. The molecule has 1 unspecified atom stereocenters. The molecule has 2 aromatic carbocycles. The third-order valence-electron chi connectivity index (χ3n) is 3.36. The summed E-state index contributed by atoms with van der Waals surface area (Å²) in [4.78, 5) is -0.295. The minimum atomic E-state index is -0.604. The lowest BCUT2D eigenvalue weighted by Gasteiger charge is -2.13. The number of alkyl halides is 1. The van der Waals surface area contributed by atoms with Crippen LogP contribution in [0.25, 0.3) is 0 Å². The summed E-state index contributed by atoms with van der Waals surface area (Å²) in [7, 11) is 0. The number of benzene rings is 2. The highest BCUT2D eigenvalue weighted by atomic mass is 79.9. The van der Waals surface area contributed by atoms with Crippen molar-refractivity contribution >= 4 is 27.5 Å². The second kappa shape index (κ2) is 6.23. The maximum Gasteiger partial charge on any atom is 0.142 e. The number of hydrogen-bond donors (Lipinski definition) is 0. The Morgan fingerprint density at radius 1 is 1.05 bits per heavy atom. The zero-order valence-corrected chi connectivity index (χ0v) is 13.5. The van der Waals surface area contributed by atoms with Crippen LogP contribution < -0.4 is 0 Å².